The number of carbonyl (C=O) groups excluding carboxylic acids is 1. The van der Waals surface area contributed by atoms with Crippen molar-refractivity contribution < 1.29 is 29.3 Å². The van der Waals surface area contributed by atoms with Crippen molar-refractivity contribution in [3.63, 3.8) is 0 Å². The minimum atomic E-state index is -0.985. The highest BCUT2D eigenvalue weighted by Gasteiger charge is 2.39. The van der Waals surface area contributed by atoms with Gasteiger partial charge >= 0.3 is 5.97 Å². The summed E-state index contributed by atoms with van der Waals surface area (Å²) in [6.07, 6.45) is 2.81. The first kappa shape index (κ1) is 30.9. The predicted octanol–water partition coefficient (Wildman–Crippen LogP) is 5.60. The maximum Gasteiger partial charge on any atom is 0.303 e. The van der Waals surface area contributed by atoms with Gasteiger partial charge in [-0.05, 0) is 65.9 Å². The van der Waals surface area contributed by atoms with Gasteiger partial charge in [-0.15, -0.1) is 0 Å². The van der Waals surface area contributed by atoms with Gasteiger partial charge in [0, 0.05) is 31.0 Å². The molecule has 0 spiro atoms. The fraction of sp³-hybridized carbons (Fsp3) is 0.429. The fourth-order valence-corrected chi connectivity index (χ4v) is 5.96. The van der Waals surface area contributed by atoms with Crippen molar-refractivity contribution in [2.45, 2.75) is 70.7 Å². The third-order valence-corrected chi connectivity index (χ3v) is 8.48. The van der Waals surface area contributed by atoms with Crippen molar-refractivity contribution in [3.8, 4) is 11.1 Å². The average Bonchev–Trinajstić information content (AvgIpc) is 3.04. The van der Waals surface area contributed by atoms with Crippen LogP contribution in [-0.2, 0) is 32.2 Å². The summed E-state index contributed by atoms with van der Waals surface area (Å²) in [5, 5.41) is 21.2. The van der Waals surface area contributed by atoms with Crippen molar-refractivity contribution >= 4 is 11.9 Å². The third kappa shape index (κ3) is 8.30. The molecule has 43 heavy (non-hydrogen) atoms. The van der Waals surface area contributed by atoms with Gasteiger partial charge in [0.1, 0.15) is 0 Å². The Morgan fingerprint density at radius 3 is 2.30 bits per heavy atom. The molecule has 3 aromatic rings. The topological polar surface area (TPSA) is 108 Å². The van der Waals surface area contributed by atoms with Gasteiger partial charge in [0.15, 0.2) is 6.29 Å². The lowest BCUT2D eigenvalue weighted by atomic mass is 9.89. The number of carbonyl (C=O) groups is 2. The number of ether oxygens (including phenoxy) is 2. The molecule has 5 rings (SSSR count). The summed E-state index contributed by atoms with van der Waals surface area (Å²) in [6, 6.07) is 24.2. The lowest BCUT2D eigenvalue weighted by molar-refractivity contribution is -0.276. The number of carboxylic acid groups (broad SMARTS) is 1. The standard InChI is InChI=1S/C35H42N2O6/c1-24-31(22-37-17-3-2-4-18-37)42-35(43-34(24)27-13-11-25(23-38)12-14-27)30-10-6-9-29(20-30)28-8-5-7-26(19-28)21-36-32(39)15-16-33(40)41/h5-14,19-20,24,31,34-35,38H,2-4,15-18,21-23H2,1H3,(H,36,39)(H,40,41). The van der Waals surface area contributed by atoms with Crippen LogP contribution >= 0.6 is 0 Å². The molecule has 3 N–H and O–H groups in total. The summed E-state index contributed by atoms with van der Waals surface area (Å²) in [4.78, 5) is 25.3. The molecule has 8 nitrogen and oxygen atoms in total. The Hall–Kier alpha value is -3.56. The van der Waals surface area contributed by atoms with Gasteiger partial charge < -0.3 is 29.9 Å². The summed E-state index contributed by atoms with van der Waals surface area (Å²) in [5.74, 6) is -1.12. The van der Waals surface area contributed by atoms with Crippen LogP contribution in [0.3, 0.4) is 0 Å². The fourth-order valence-electron chi connectivity index (χ4n) is 5.96. The van der Waals surface area contributed by atoms with Gasteiger partial charge in [-0.1, -0.05) is 74.0 Å². The smallest absolute Gasteiger partial charge is 0.303 e. The van der Waals surface area contributed by atoms with E-state index < -0.39 is 12.3 Å². The minimum absolute atomic E-state index is 0.00362. The Morgan fingerprint density at radius 1 is 0.860 bits per heavy atom. The Labute approximate surface area is 253 Å². The van der Waals surface area contributed by atoms with E-state index in [1.807, 2.05) is 48.5 Å². The van der Waals surface area contributed by atoms with E-state index >= 15 is 0 Å². The van der Waals surface area contributed by atoms with Crippen LogP contribution < -0.4 is 5.32 Å². The number of hydrogen-bond acceptors (Lipinski definition) is 6. The second-order valence-electron chi connectivity index (χ2n) is 11.7. The molecule has 2 saturated heterocycles. The summed E-state index contributed by atoms with van der Waals surface area (Å²) in [6.45, 7) is 5.60. The number of likely N-dealkylation sites (tertiary alicyclic amines) is 1. The molecular weight excluding hydrogens is 544 g/mol. The van der Waals surface area contributed by atoms with E-state index in [-0.39, 0.29) is 43.5 Å². The van der Waals surface area contributed by atoms with Crippen LogP contribution in [0.15, 0.2) is 72.8 Å². The lowest BCUT2D eigenvalue weighted by Gasteiger charge is -2.43. The summed E-state index contributed by atoms with van der Waals surface area (Å²) in [5.41, 5.74) is 5.84. The zero-order valence-electron chi connectivity index (χ0n) is 24.8. The number of aliphatic carboxylic acids is 1. The maximum atomic E-state index is 12.0. The molecule has 0 aromatic heterocycles. The van der Waals surface area contributed by atoms with Crippen molar-refractivity contribution in [1.29, 1.82) is 0 Å². The van der Waals surface area contributed by atoms with E-state index in [9.17, 15) is 14.7 Å². The zero-order chi connectivity index (χ0) is 30.2. The number of rotatable bonds is 11. The molecule has 2 aliphatic rings. The molecule has 0 radical (unpaired) electrons. The molecule has 8 heteroatoms. The van der Waals surface area contributed by atoms with Gasteiger partial charge in [0.2, 0.25) is 5.91 Å². The molecular formula is C35H42N2O6. The Bertz CT molecular complexity index is 1370. The highest BCUT2D eigenvalue weighted by Crippen LogP contribution is 2.42. The van der Waals surface area contributed by atoms with Gasteiger partial charge in [-0.2, -0.15) is 0 Å². The minimum Gasteiger partial charge on any atom is -0.481 e. The molecule has 0 aliphatic carbocycles. The van der Waals surface area contributed by atoms with Crippen molar-refractivity contribution in [2.24, 2.45) is 5.92 Å². The van der Waals surface area contributed by atoms with E-state index in [1.165, 1.54) is 19.3 Å². The molecule has 2 heterocycles. The molecule has 2 aliphatic heterocycles. The molecule has 0 saturated carbocycles. The first-order chi connectivity index (χ1) is 20.9. The molecule has 4 unspecified atom stereocenters. The lowest BCUT2D eigenvalue weighted by Crippen LogP contribution is -2.45. The maximum absolute atomic E-state index is 12.0. The molecule has 228 valence electrons. The van der Waals surface area contributed by atoms with Gasteiger partial charge in [0.25, 0.3) is 0 Å². The van der Waals surface area contributed by atoms with Gasteiger partial charge in [-0.3, -0.25) is 9.59 Å². The number of hydrogen-bond donors (Lipinski definition) is 3. The zero-order valence-corrected chi connectivity index (χ0v) is 24.8. The SMILES string of the molecule is CC1C(CN2CCCCC2)OC(c2cccc(-c3cccc(CNC(=O)CCC(=O)O)c3)c2)OC1c1ccc(CO)cc1. The second kappa shape index (κ2) is 14.8. The number of aliphatic hydroxyl groups is 1. The van der Waals surface area contributed by atoms with Crippen LogP contribution in [0, 0.1) is 5.92 Å². The highest BCUT2D eigenvalue weighted by molar-refractivity contribution is 5.80. The highest BCUT2D eigenvalue weighted by atomic mass is 16.7. The van der Waals surface area contributed by atoms with Crippen LogP contribution in [-0.4, -0.2) is 52.7 Å². The number of nitrogens with one attached hydrogen (secondary N) is 1. The van der Waals surface area contributed by atoms with E-state index in [4.69, 9.17) is 14.6 Å². The normalized spacial score (nSPS) is 22.7. The van der Waals surface area contributed by atoms with Crippen LogP contribution in [0.1, 0.15) is 73.7 Å². The number of benzene rings is 3. The van der Waals surface area contributed by atoms with Gasteiger partial charge in [0.05, 0.1) is 25.2 Å². The first-order valence-corrected chi connectivity index (χ1v) is 15.3. The largest absolute Gasteiger partial charge is 0.481 e. The summed E-state index contributed by atoms with van der Waals surface area (Å²) in [7, 11) is 0. The van der Waals surface area contributed by atoms with E-state index in [0.29, 0.717) is 6.54 Å². The van der Waals surface area contributed by atoms with Crippen LogP contribution in [0.2, 0.25) is 0 Å². The second-order valence-corrected chi connectivity index (χ2v) is 11.7. The molecule has 1 amide bonds. The Kier molecular flexibility index (Phi) is 10.6. The molecule has 4 atom stereocenters. The number of carboxylic acids is 1. The van der Waals surface area contributed by atoms with Crippen molar-refractivity contribution in [3.05, 3.63) is 95.1 Å². The quantitative estimate of drug-likeness (QED) is 0.268. The third-order valence-electron chi connectivity index (χ3n) is 8.48. The number of nitrogens with zero attached hydrogens (tertiary/aromatic N) is 1. The van der Waals surface area contributed by atoms with Crippen LogP contribution in [0.25, 0.3) is 11.1 Å². The number of amides is 1. The summed E-state index contributed by atoms with van der Waals surface area (Å²) >= 11 is 0. The summed E-state index contributed by atoms with van der Waals surface area (Å²) < 4.78 is 13.4. The molecule has 3 aromatic carbocycles. The van der Waals surface area contributed by atoms with E-state index in [0.717, 1.165) is 53.0 Å². The number of aliphatic hydroxyl groups excluding tert-OH is 1. The molecule has 2 fully saturated rings. The number of piperidine rings is 1. The van der Waals surface area contributed by atoms with Gasteiger partial charge in [-0.25, -0.2) is 0 Å². The van der Waals surface area contributed by atoms with Crippen molar-refractivity contribution in [2.75, 3.05) is 19.6 Å². The average molecular weight is 587 g/mol. The van der Waals surface area contributed by atoms with E-state index in [2.05, 4.69) is 41.4 Å². The Balaban J connectivity index is 1.35. The van der Waals surface area contributed by atoms with E-state index in [1.54, 1.807) is 0 Å². The first-order valence-electron chi connectivity index (χ1n) is 15.3. The van der Waals surface area contributed by atoms with Crippen LogP contribution in [0.5, 0.6) is 0 Å². The van der Waals surface area contributed by atoms with Crippen LogP contribution in [0.4, 0.5) is 0 Å². The Morgan fingerprint density at radius 2 is 1.58 bits per heavy atom. The predicted molar refractivity (Wildman–Crippen MR) is 164 cm³/mol. The molecule has 0 bridgehead atoms. The van der Waals surface area contributed by atoms with Crippen molar-refractivity contribution in [1.82, 2.24) is 10.2 Å². The monoisotopic (exact) mass is 586 g/mol.